The van der Waals surface area contributed by atoms with Crippen LogP contribution in [0, 0.1) is 0 Å². The third-order valence-corrected chi connectivity index (χ3v) is 3.09. The monoisotopic (exact) mass is 392 g/mol. The third-order valence-electron chi connectivity index (χ3n) is 2.83. The molecule has 0 saturated carbocycles. The predicted molar refractivity (Wildman–Crippen MR) is 76.9 cm³/mol. The molecule has 1 aliphatic heterocycles. The zero-order valence-electron chi connectivity index (χ0n) is 12.5. The van der Waals surface area contributed by atoms with Crippen LogP contribution in [0.5, 0.6) is 5.88 Å². The molecule has 2 heterocycles. The van der Waals surface area contributed by atoms with Gasteiger partial charge >= 0.3 is 18.8 Å². The van der Waals surface area contributed by atoms with E-state index in [4.69, 9.17) is 21.5 Å². The fourth-order valence-electron chi connectivity index (χ4n) is 1.74. The fraction of sp³-hybridized carbons (Fsp3) is 0.583. The lowest BCUT2D eigenvalue weighted by atomic mass is 10.1. The van der Waals surface area contributed by atoms with Gasteiger partial charge in [-0.2, -0.15) is 26.9 Å². The molecule has 0 aliphatic carbocycles. The van der Waals surface area contributed by atoms with Crippen molar-refractivity contribution < 1.29 is 36.6 Å². The quantitative estimate of drug-likeness (QED) is 0.677. The zero-order valence-corrected chi connectivity index (χ0v) is 13.2. The lowest BCUT2D eigenvalue weighted by molar-refractivity contribution is -0.192. The Labute approximate surface area is 143 Å². The Morgan fingerprint density at radius 2 is 1.96 bits per heavy atom. The molecule has 7 nitrogen and oxygen atoms in total. The van der Waals surface area contributed by atoms with Crippen molar-refractivity contribution in [1.29, 1.82) is 0 Å². The van der Waals surface area contributed by atoms with Crippen LogP contribution in [-0.2, 0) is 4.79 Å². The molecule has 25 heavy (non-hydrogen) atoms. The van der Waals surface area contributed by atoms with Gasteiger partial charge in [0.05, 0.1) is 6.20 Å². The number of aromatic nitrogens is 2. The van der Waals surface area contributed by atoms with Crippen molar-refractivity contribution in [2.24, 2.45) is 0 Å². The van der Waals surface area contributed by atoms with E-state index in [0.29, 0.717) is 0 Å². The van der Waals surface area contributed by atoms with Gasteiger partial charge in [0, 0.05) is 6.04 Å². The maximum absolute atomic E-state index is 12.1. The first kappa shape index (κ1) is 21.1. The molecule has 0 spiro atoms. The molecule has 1 aromatic rings. The Balaban J connectivity index is 0.000000381. The summed E-state index contributed by atoms with van der Waals surface area (Å²) in [6, 6.07) is 0.229. The second-order valence-electron chi connectivity index (χ2n) is 4.70. The summed E-state index contributed by atoms with van der Waals surface area (Å²) in [5, 5.41) is 13.4. The highest BCUT2D eigenvalue weighted by molar-refractivity contribution is 6.31. The van der Waals surface area contributed by atoms with Crippen LogP contribution in [0.25, 0.3) is 0 Å². The lowest BCUT2D eigenvalue weighted by Gasteiger charge is -2.23. The molecule has 142 valence electrons. The molecule has 1 aliphatic rings. The summed E-state index contributed by atoms with van der Waals surface area (Å²) in [7, 11) is 0. The van der Waals surface area contributed by atoms with Crippen molar-refractivity contribution in [3.05, 3.63) is 11.2 Å². The van der Waals surface area contributed by atoms with E-state index in [1.165, 1.54) is 6.20 Å². The van der Waals surface area contributed by atoms with E-state index in [1.807, 2.05) is 0 Å². The van der Waals surface area contributed by atoms with Crippen LogP contribution in [0.15, 0.2) is 6.20 Å². The van der Waals surface area contributed by atoms with E-state index in [2.05, 4.69) is 25.3 Å². The number of nitrogens with one attached hydrogen (secondary N) is 2. The molecule has 3 N–H and O–H groups in total. The van der Waals surface area contributed by atoms with Crippen molar-refractivity contribution >= 4 is 23.5 Å². The molecule has 1 aromatic heterocycles. The number of alkyl halides is 5. The van der Waals surface area contributed by atoms with Crippen molar-refractivity contribution in [2.45, 2.75) is 31.7 Å². The Hall–Kier alpha value is -1.95. The number of rotatable bonds is 4. The van der Waals surface area contributed by atoms with Gasteiger partial charge in [-0.1, -0.05) is 11.6 Å². The Morgan fingerprint density at radius 1 is 1.40 bits per heavy atom. The van der Waals surface area contributed by atoms with Crippen LogP contribution in [0.1, 0.15) is 12.8 Å². The van der Waals surface area contributed by atoms with Gasteiger partial charge in [-0.25, -0.2) is 9.78 Å². The maximum Gasteiger partial charge on any atom is 0.490 e. The van der Waals surface area contributed by atoms with E-state index in [1.54, 1.807) is 0 Å². The summed E-state index contributed by atoms with van der Waals surface area (Å²) in [5.41, 5.74) is 0. The Bertz CT molecular complexity index is 570. The van der Waals surface area contributed by atoms with Gasteiger partial charge in [0.15, 0.2) is 0 Å². The number of hydrogen-bond acceptors (Lipinski definition) is 6. The molecule has 0 amide bonds. The summed E-state index contributed by atoms with van der Waals surface area (Å²) in [6.07, 6.45) is -1.98. The van der Waals surface area contributed by atoms with Crippen molar-refractivity contribution in [3.63, 3.8) is 0 Å². The van der Waals surface area contributed by atoms with Gasteiger partial charge < -0.3 is 20.5 Å². The zero-order chi connectivity index (χ0) is 19.0. The van der Waals surface area contributed by atoms with Crippen LogP contribution in [0.3, 0.4) is 0 Å². The maximum atomic E-state index is 12.1. The van der Waals surface area contributed by atoms with E-state index in [9.17, 15) is 22.0 Å². The summed E-state index contributed by atoms with van der Waals surface area (Å²) in [5.74, 6) is -2.81. The number of ether oxygens (including phenoxy) is 1. The van der Waals surface area contributed by atoms with E-state index < -0.39 is 18.8 Å². The second kappa shape index (κ2) is 9.51. The molecule has 0 radical (unpaired) electrons. The highest BCUT2D eigenvalue weighted by atomic mass is 35.5. The molecule has 0 aromatic carbocycles. The average Bonchev–Trinajstić information content (AvgIpc) is 2.51. The van der Waals surface area contributed by atoms with Crippen molar-refractivity contribution in [2.75, 3.05) is 18.4 Å². The van der Waals surface area contributed by atoms with Gasteiger partial charge in [0.25, 0.3) is 0 Å². The molecule has 13 heteroatoms. The molecule has 0 bridgehead atoms. The topological polar surface area (TPSA) is 96.4 Å². The highest BCUT2D eigenvalue weighted by Gasteiger charge is 2.38. The van der Waals surface area contributed by atoms with E-state index >= 15 is 0 Å². The predicted octanol–water partition coefficient (Wildman–Crippen LogP) is 2.53. The van der Waals surface area contributed by atoms with Gasteiger partial charge in [-0.15, -0.1) is 0 Å². The minimum atomic E-state index is -5.08. The molecule has 0 atom stereocenters. The Kier molecular flexibility index (Phi) is 8.03. The minimum absolute atomic E-state index is 0.0360. The number of aliphatic carboxylic acids is 1. The normalized spacial score (nSPS) is 15.3. The lowest BCUT2D eigenvalue weighted by Crippen LogP contribution is -2.35. The molecule has 1 fully saturated rings. The third kappa shape index (κ3) is 8.12. The summed E-state index contributed by atoms with van der Waals surface area (Å²) >= 11 is 5.66. The fourth-order valence-corrected chi connectivity index (χ4v) is 1.87. The number of piperidine rings is 1. The van der Waals surface area contributed by atoms with Crippen LogP contribution in [-0.4, -0.2) is 53.0 Å². The summed E-state index contributed by atoms with van der Waals surface area (Å²) in [6.45, 7) is -1.14. The minimum Gasteiger partial charge on any atom is -0.475 e. The number of halogens is 6. The molecule has 0 unspecified atom stereocenters. The molecular weight excluding hydrogens is 379 g/mol. The number of carboxylic acids is 1. The SMILES string of the molecule is FC(F)Oc1nc(NC2CCNCC2)ncc1Cl.O=C(O)C(F)(F)F. The van der Waals surface area contributed by atoms with Gasteiger partial charge in [-0.05, 0) is 25.9 Å². The molecule has 1 saturated heterocycles. The summed E-state index contributed by atoms with van der Waals surface area (Å²) < 4.78 is 60.2. The largest absolute Gasteiger partial charge is 0.490 e. The number of hydrogen-bond donors (Lipinski definition) is 3. The van der Waals surface area contributed by atoms with Crippen molar-refractivity contribution in [1.82, 2.24) is 15.3 Å². The second-order valence-corrected chi connectivity index (χ2v) is 5.10. The van der Waals surface area contributed by atoms with Crippen LogP contribution in [0.2, 0.25) is 5.02 Å². The van der Waals surface area contributed by atoms with E-state index in [-0.39, 0.29) is 22.9 Å². The molecular formula is C12H14ClF5N4O3. The highest BCUT2D eigenvalue weighted by Crippen LogP contribution is 2.24. The first-order valence-electron chi connectivity index (χ1n) is 6.84. The number of carboxylic acid groups (broad SMARTS) is 1. The van der Waals surface area contributed by atoms with E-state index in [0.717, 1.165) is 25.9 Å². The smallest absolute Gasteiger partial charge is 0.475 e. The van der Waals surface area contributed by atoms with Crippen LogP contribution >= 0.6 is 11.6 Å². The van der Waals surface area contributed by atoms with Crippen LogP contribution in [0.4, 0.5) is 27.9 Å². The first-order valence-corrected chi connectivity index (χ1v) is 7.22. The van der Waals surface area contributed by atoms with Gasteiger partial charge in [0.2, 0.25) is 11.8 Å². The Morgan fingerprint density at radius 3 is 2.44 bits per heavy atom. The number of anilines is 1. The summed E-state index contributed by atoms with van der Waals surface area (Å²) in [4.78, 5) is 16.7. The average molecular weight is 393 g/mol. The molecule has 2 rings (SSSR count). The first-order chi connectivity index (χ1) is 11.6. The van der Waals surface area contributed by atoms with Crippen molar-refractivity contribution in [3.8, 4) is 5.88 Å². The number of nitrogens with zero attached hydrogens (tertiary/aromatic N) is 2. The van der Waals surface area contributed by atoms with Gasteiger partial charge in [-0.3, -0.25) is 0 Å². The van der Waals surface area contributed by atoms with Crippen LogP contribution < -0.4 is 15.4 Å². The standard InChI is InChI=1S/C10H13ClF2N4O.C2HF3O2/c11-7-5-15-10(17-8(7)18-9(12)13)16-6-1-3-14-4-2-6;3-2(4,5)1(6)7/h5-6,9,14H,1-4H2,(H,15,16,17);(H,6,7). The van der Waals surface area contributed by atoms with Gasteiger partial charge in [0.1, 0.15) is 5.02 Å². The number of carbonyl (C=O) groups is 1.